The second-order valence-electron chi connectivity index (χ2n) is 5.03. The Morgan fingerprint density at radius 1 is 1.22 bits per heavy atom. The molecule has 0 aliphatic heterocycles. The standard InChI is InChI=1S/C15H15Cl2N5O/c1-22-15-10(7-19-22)14(20-13(21-15)8-23-2)18-6-9-3-4-11(16)12(17)5-9/h3-5,7H,6,8H2,1-2H3,(H,18,20,21). The SMILES string of the molecule is COCc1nc(NCc2ccc(Cl)c(Cl)c2)c2cnn(C)c2n1. The molecule has 8 heteroatoms. The van der Waals surface area contributed by atoms with E-state index < -0.39 is 0 Å². The quantitative estimate of drug-likeness (QED) is 0.762. The van der Waals surface area contributed by atoms with Crippen LogP contribution in [-0.2, 0) is 24.9 Å². The highest BCUT2D eigenvalue weighted by Crippen LogP contribution is 2.24. The van der Waals surface area contributed by atoms with E-state index >= 15 is 0 Å². The lowest BCUT2D eigenvalue weighted by Crippen LogP contribution is -2.07. The molecule has 0 saturated heterocycles. The van der Waals surface area contributed by atoms with Crippen LogP contribution < -0.4 is 5.32 Å². The maximum atomic E-state index is 6.05. The molecule has 0 saturated carbocycles. The number of nitrogens with one attached hydrogen (secondary N) is 1. The first-order valence-corrected chi connectivity index (χ1v) is 7.69. The zero-order valence-electron chi connectivity index (χ0n) is 12.7. The van der Waals surface area contributed by atoms with Gasteiger partial charge in [-0.15, -0.1) is 0 Å². The highest BCUT2D eigenvalue weighted by molar-refractivity contribution is 6.42. The number of nitrogens with zero attached hydrogens (tertiary/aromatic N) is 4. The number of aryl methyl sites for hydroxylation is 1. The first-order valence-electron chi connectivity index (χ1n) is 6.94. The largest absolute Gasteiger partial charge is 0.377 e. The molecule has 120 valence electrons. The average Bonchev–Trinajstić information content (AvgIpc) is 2.90. The number of aromatic nitrogens is 4. The Balaban J connectivity index is 1.90. The first-order chi connectivity index (χ1) is 11.1. The fourth-order valence-corrected chi connectivity index (χ4v) is 2.55. The Labute approximate surface area is 143 Å². The van der Waals surface area contributed by atoms with E-state index in [-0.39, 0.29) is 0 Å². The topological polar surface area (TPSA) is 64.9 Å². The van der Waals surface area contributed by atoms with E-state index in [2.05, 4.69) is 20.4 Å². The van der Waals surface area contributed by atoms with Gasteiger partial charge in [-0.3, -0.25) is 4.68 Å². The summed E-state index contributed by atoms with van der Waals surface area (Å²) in [7, 11) is 3.45. The van der Waals surface area contributed by atoms with E-state index in [0.717, 1.165) is 16.6 Å². The lowest BCUT2D eigenvalue weighted by atomic mass is 10.2. The molecule has 3 rings (SSSR count). The van der Waals surface area contributed by atoms with Crippen molar-refractivity contribution in [3.05, 3.63) is 45.8 Å². The van der Waals surface area contributed by atoms with Gasteiger partial charge in [0.15, 0.2) is 11.5 Å². The Morgan fingerprint density at radius 3 is 2.78 bits per heavy atom. The van der Waals surface area contributed by atoms with E-state index in [1.54, 1.807) is 24.1 Å². The van der Waals surface area contributed by atoms with Gasteiger partial charge >= 0.3 is 0 Å². The third-order valence-electron chi connectivity index (χ3n) is 3.36. The summed E-state index contributed by atoms with van der Waals surface area (Å²) in [4.78, 5) is 8.95. The number of fused-ring (bicyclic) bond motifs is 1. The van der Waals surface area contributed by atoms with Crippen molar-refractivity contribution >= 4 is 40.1 Å². The molecule has 0 unspecified atom stereocenters. The number of rotatable bonds is 5. The number of methoxy groups -OCH3 is 1. The number of halogens is 2. The Morgan fingerprint density at radius 2 is 2.04 bits per heavy atom. The predicted octanol–water partition coefficient (Wildman–Crippen LogP) is 3.43. The van der Waals surface area contributed by atoms with Gasteiger partial charge in [-0.25, -0.2) is 9.97 Å². The number of anilines is 1. The van der Waals surface area contributed by atoms with Crippen molar-refractivity contribution in [2.24, 2.45) is 7.05 Å². The summed E-state index contributed by atoms with van der Waals surface area (Å²) in [5.41, 5.74) is 1.76. The second-order valence-corrected chi connectivity index (χ2v) is 5.84. The molecule has 0 fully saturated rings. The summed E-state index contributed by atoms with van der Waals surface area (Å²) >= 11 is 12.0. The van der Waals surface area contributed by atoms with Crippen LogP contribution in [0.2, 0.25) is 10.0 Å². The molecule has 0 spiro atoms. The van der Waals surface area contributed by atoms with Crippen LogP contribution in [-0.4, -0.2) is 26.9 Å². The molecule has 1 N–H and O–H groups in total. The van der Waals surface area contributed by atoms with Gasteiger partial charge in [0.2, 0.25) is 0 Å². The van der Waals surface area contributed by atoms with Crippen LogP contribution >= 0.6 is 23.2 Å². The zero-order chi connectivity index (χ0) is 16.4. The molecule has 3 aromatic rings. The van der Waals surface area contributed by atoms with Gasteiger partial charge in [0.25, 0.3) is 0 Å². The highest BCUT2D eigenvalue weighted by atomic mass is 35.5. The lowest BCUT2D eigenvalue weighted by molar-refractivity contribution is 0.178. The summed E-state index contributed by atoms with van der Waals surface area (Å²) < 4.78 is 6.83. The zero-order valence-corrected chi connectivity index (χ0v) is 14.2. The van der Waals surface area contributed by atoms with Crippen LogP contribution in [0.3, 0.4) is 0 Å². The maximum Gasteiger partial charge on any atom is 0.163 e. The normalized spacial score (nSPS) is 11.1. The molecule has 6 nitrogen and oxygen atoms in total. The molecule has 23 heavy (non-hydrogen) atoms. The van der Waals surface area contributed by atoms with Crippen molar-refractivity contribution in [3.8, 4) is 0 Å². The highest BCUT2D eigenvalue weighted by Gasteiger charge is 2.11. The number of hydrogen-bond donors (Lipinski definition) is 1. The fourth-order valence-electron chi connectivity index (χ4n) is 2.23. The van der Waals surface area contributed by atoms with Gasteiger partial charge in [0, 0.05) is 20.7 Å². The average molecular weight is 352 g/mol. The molecule has 0 amide bonds. The Hall–Kier alpha value is -1.89. The summed E-state index contributed by atoms with van der Waals surface area (Å²) in [6.07, 6.45) is 1.74. The Kier molecular flexibility index (Phi) is 4.66. The predicted molar refractivity (Wildman–Crippen MR) is 90.8 cm³/mol. The third-order valence-corrected chi connectivity index (χ3v) is 4.09. The van der Waals surface area contributed by atoms with Crippen LogP contribution in [0, 0.1) is 0 Å². The minimum Gasteiger partial charge on any atom is -0.377 e. The molecule has 0 aliphatic rings. The summed E-state index contributed by atoms with van der Waals surface area (Å²) in [6, 6.07) is 5.52. The number of benzene rings is 1. The van der Waals surface area contributed by atoms with E-state index in [0.29, 0.717) is 34.8 Å². The van der Waals surface area contributed by atoms with Crippen LogP contribution in [0.5, 0.6) is 0 Å². The van der Waals surface area contributed by atoms with Crippen molar-refractivity contribution in [3.63, 3.8) is 0 Å². The Bertz CT molecular complexity index is 849. The maximum absolute atomic E-state index is 6.05. The molecule has 0 bridgehead atoms. The molecule has 0 atom stereocenters. The molecule has 2 aromatic heterocycles. The monoisotopic (exact) mass is 351 g/mol. The smallest absolute Gasteiger partial charge is 0.163 e. The van der Waals surface area contributed by atoms with Gasteiger partial charge in [-0.2, -0.15) is 5.10 Å². The van der Waals surface area contributed by atoms with E-state index in [1.807, 2.05) is 19.2 Å². The minimum atomic E-state index is 0.336. The third kappa shape index (κ3) is 3.39. The summed E-state index contributed by atoms with van der Waals surface area (Å²) in [5, 5.41) is 9.45. The van der Waals surface area contributed by atoms with E-state index in [1.165, 1.54) is 0 Å². The molecular weight excluding hydrogens is 337 g/mol. The number of hydrogen-bond acceptors (Lipinski definition) is 5. The van der Waals surface area contributed by atoms with Crippen LogP contribution in [0.4, 0.5) is 5.82 Å². The second kappa shape index (κ2) is 6.70. The van der Waals surface area contributed by atoms with Gasteiger partial charge in [0.05, 0.1) is 21.6 Å². The van der Waals surface area contributed by atoms with Crippen molar-refractivity contribution in [2.75, 3.05) is 12.4 Å². The van der Waals surface area contributed by atoms with E-state index in [9.17, 15) is 0 Å². The fraction of sp³-hybridized carbons (Fsp3) is 0.267. The molecular formula is C15H15Cl2N5O. The van der Waals surface area contributed by atoms with Gasteiger partial charge in [-0.05, 0) is 17.7 Å². The van der Waals surface area contributed by atoms with Gasteiger partial charge in [0.1, 0.15) is 12.4 Å². The van der Waals surface area contributed by atoms with Gasteiger partial charge in [-0.1, -0.05) is 29.3 Å². The lowest BCUT2D eigenvalue weighted by Gasteiger charge is -2.09. The molecule has 0 aliphatic carbocycles. The van der Waals surface area contributed by atoms with Crippen molar-refractivity contribution in [1.29, 1.82) is 0 Å². The minimum absolute atomic E-state index is 0.336. The van der Waals surface area contributed by atoms with Gasteiger partial charge < -0.3 is 10.1 Å². The first kappa shape index (κ1) is 16.0. The van der Waals surface area contributed by atoms with Crippen LogP contribution in [0.25, 0.3) is 11.0 Å². The van der Waals surface area contributed by atoms with Crippen LogP contribution in [0.15, 0.2) is 24.4 Å². The molecule has 1 aromatic carbocycles. The van der Waals surface area contributed by atoms with E-state index in [4.69, 9.17) is 27.9 Å². The molecule has 2 heterocycles. The van der Waals surface area contributed by atoms with Crippen molar-refractivity contribution < 1.29 is 4.74 Å². The summed E-state index contributed by atoms with van der Waals surface area (Å²) in [5.74, 6) is 1.31. The van der Waals surface area contributed by atoms with Crippen molar-refractivity contribution in [1.82, 2.24) is 19.7 Å². The number of ether oxygens (including phenoxy) is 1. The van der Waals surface area contributed by atoms with Crippen LogP contribution in [0.1, 0.15) is 11.4 Å². The van der Waals surface area contributed by atoms with Crippen molar-refractivity contribution in [2.45, 2.75) is 13.2 Å². The summed E-state index contributed by atoms with van der Waals surface area (Å²) in [6.45, 7) is 0.896. The molecule has 0 radical (unpaired) electrons.